The minimum absolute atomic E-state index is 0.0630. The van der Waals surface area contributed by atoms with E-state index in [-0.39, 0.29) is 23.3 Å². The summed E-state index contributed by atoms with van der Waals surface area (Å²) in [5.41, 5.74) is 79.4. The molecule has 0 bridgehead atoms. The molecule has 0 saturated carbocycles. The molecule has 7 aromatic rings. The van der Waals surface area contributed by atoms with Crippen LogP contribution in [-0.4, -0.2) is 419 Å². The number of benzene rings is 7. The van der Waals surface area contributed by atoms with Crippen molar-refractivity contribution < 1.29 is 12.6 Å². The molecule has 0 saturated heterocycles. The normalized spacial score (nSPS) is 11.8. The van der Waals surface area contributed by atoms with Crippen LogP contribution in [0.3, 0.4) is 0 Å². The largest absolute Gasteiger partial charge is 0.378 e. The molecule has 143 heavy (non-hydrogen) atoms. The molecule has 7 aromatic carbocycles. The van der Waals surface area contributed by atoms with Crippen LogP contribution in [0.15, 0.2) is 175 Å². The summed E-state index contributed by atoms with van der Waals surface area (Å²) in [5, 5.41) is 14.2. The van der Waals surface area contributed by atoms with E-state index >= 15 is 0 Å². The average Bonchev–Trinajstić information content (AvgIpc) is 0.802. The minimum atomic E-state index is -3.78. The first-order chi connectivity index (χ1) is 69.3. The van der Waals surface area contributed by atoms with Gasteiger partial charge < -0.3 is 128 Å². The van der Waals surface area contributed by atoms with Crippen molar-refractivity contribution in [3.8, 4) is 0 Å². The fourth-order valence-electron chi connectivity index (χ4n) is 17.6. The van der Waals surface area contributed by atoms with E-state index in [9.17, 15) is 8.42 Å². The van der Waals surface area contributed by atoms with E-state index in [2.05, 4.69) is 266 Å². The van der Waals surface area contributed by atoms with Crippen LogP contribution in [-0.2, 0) is 14.3 Å². The van der Waals surface area contributed by atoms with Gasteiger partial charge in [-0.05, 0) is 196 Å². The third-order valence-electron chi connectivity index (χ3n) is 26.4. The number of hydrogen-bond acceptors (Lipinski definition) is 32. The van der Waals surface area contributed by atoms with Crippen LogP contribution in [0.4, 0.5) is 34.1 Å². The van der Waals surface area contributed by atoms with Gasteiger partial charge in [0.15, 0.2) is 0 Å². The second kappa shape index (κ2) is 76.8. The molecule has 0 radical (unpaired) electrons. The molecule has 0 heterocycles. The lowest BCUT2D eigenvalue weighted by atomic mass is 9.85. The maximum atomic E-state index is 12.5. The zero-order valence-corrected chi connectivity index (χ0v) is 91.3. The summed E-state index contributed by atoms with van der Waals surface area (Å²) in [4.78, 5) is 33.1. The lowest BCUT2D eigenvalue weighted by Gasteiger charge is -2.30. The van der Waals surface area contributed by atoms with Crippen molar-refractivity contribution in [1.29, 1.82) is 0 Å². The Balaban J connectivity index is 0.000000402. The van der Waals surface area contributed by atoms with Gasteiger partial charge in [-0.3, -0.25) is 28.7 Å². The molecular formula is C110H199N29O3S. The summed E-state index contributed by atoms with van der Waals surface area (Å²) in [6, 6.07) is 59.8. The molecule has 0 amide bonds. The van der Waals surface area contributed by atoms with Gasteiger partial charge in [0.05, 0.1) is 11.5 Å². The molecule has 26 N–H and O–H groups in total. The topological polar surface area (TPSA) is 423 Å². The van der Waals surface area contributed by atoms with Gasteiger partial charge in [0.1, 0.15) is 0 Å². The minimum Gasteiger partial charge on any atom is -0.378 e. The molecule has 0 atom stereocenters. The Bertz CT molecular complexity index is 4210. The van der Waals surface area contributed by atoms with Crippen LogP contribution < -0.4 is 114 Å². The van der Waals surface area contributed by atoms with Gasteiger partial charge in [0.25, 0.3) is 10.1 Å². The van der Waals surface area contributed by atoms with E-state index in [4.69, 9.17) is 67.3 Å². The van der Waals surface area contributed by atoms with Crippen LogP contribution in [0.25, 0.3) is 0 Å². The number of rotatable bonds is 81. The molecule has 7 rings (SSSR count). The van der Waals surface area contributed by atoms with Crippen LogP contribution in [0, 0.1) is 6.92 Å². The van der Waals surface area contributed by atoms with Crippen molar-refractivity contribution in [1.82, 2.24) is 60.5 Å². The number of nitrogens with one attached hydrogen (secondary N) is 4. The van der Waals surface area contributed by atoms with Crippen molar-refractivity contribution in [2.75, 3.05) is 401 Å². The highest BCUT2D eigenvalue weighted by Crippen LogP contribution is 2.37. The molecule has 0 unspecified atom stereocenters. The molecule has 0 spiro atoms. The molecule has 33 heteroatoms. The number of likely N-dealkylation sites (N-methyl/N-ethyl adjacent to an activating group) is 1. The first kappa shape index (κ1) is 126. The second-order valence-corrected chi connectivity index (χ2v) is 40.1. The second-order valence-electron chi connectivity index (χ2n) is 38.5. The van der Waals surface area contributed by atoms with Crippen LogP contribution in [0.1, 0.15) is 109 Å². The monoisotopic (exact) mass is 2010 g/mol. The third kappa shape index (κ3) is 52.2. The summed E-state index contributed by atoms with van der Waals surface area (Å²) in [7, 11) is 16.9. The first-order valence-electron chi connectivity index (χ1n) is 53.3. The van der Waals surface area contributed by atoms with Crippen molar-refractivity contribution in [3.63, 3.8) is 0 Å². The summed E-state index contributed by atoms with van der Waals surface area (Å²) in [6.07, 6.45) is 10.4. The molecule has 0 aliphatic heterocycles. The maximum Gasteiger partial charge on any atom is 0.297 e. The smallest absolute Gasteiger partial charge is 0.297 e. The summed E-state index contributed by atoms with van der Waals surface area (Å²) < 4.78 is 30.3. The van der Waals surface area contributed by atoms with Crippen molar-refractivity contribution >= 4 is 44.2 Å². The predicted octanol–water partition coefficient (Wildman–Crippen LogP) is 5.40. The Labute approximate surface area is 866 Å². The van der Waals surface area contributed by atoms with Gasteiger partial charge in [-0.2, -0.15) is 8.42 Å². The van der Waals surface area contributed by atoms with E-state index in [1.165, 1.54) is 89.0 Å². The molecule has 0 fully saturated rings. The first-order valence-corrected chi connectivity index (χ1v) is 54.7. The standard InChI is InChI=1S/C52H96N14.C33H39N3O3S.C25H64N12/c1-60(2)49-18-12-46(13-19-49)52(47-14-20-50(21-15-47)61(3)4)48-16-22-51(23-17-48)62(5)33-9-7-11-34-63(36-26-55)42-43-64(35-10-6-8-24-53)44-45-66(40-30-58-29-25-54)41-32-59-31-39-65(37-27-56)38-28-57;1-25-7-21-32(22-8-25)40(37,38)39-24-23-36(6)31-19-13-28(14-20-31)33(26-9-15-29(16-10-26)34(2)3)27-11-17-30(18-12-27)35(4)5;26-4-2-1-3-14-34(22-24-36(17-8-30)18-9-31)23-25-37(20-11-32-10-5-27)21-13-33-12-19-35(15-6-28)16-7-29/h12-23,52,58-59H,6-11,24-45,53-57H2,1-5H3;7-22,33H,23-24H2,1-6H3;32-33H,1-31H2. The zero-order chi connectivity index (χ0) is 104. The van der Waals surface area contributed by atoms with Gasteiger partial charge in [-0.1, -0.05) is 110 Å². The Morgan fingerprint density at radius 2 is 0.441 bits per heavy atom. The molecular weight excluding hydrogens is 1810 g/mol. The van der Waals surface area contributed by atoms with Crippen molar-refractivity contribution in [2.45, 2.75) is 81.4 Å². The average molecular weight is 2010 g/mol. The van der Waals surface area contributed by atoms with Gasteiger partial charge in [0.2, 0.25) is 0 Å². The molecule has 0 aromatic heterocycles. The lowest BCUT2D eigenvalue weighted by molar-refractivity contribution is 0.173. The number of unbranched alkanes of at least 4 members (excludes halogenated alkanes) is 6. The molecule has 808 valence electrons. The van der Waals surface area contributed by atoms with E-state index in [1.807, 2.05) is 47.1 Å². The summed E-state index contributed by atoms with van der Waals surface area (Å²) >= 11 is 0. The van der Waals surface area contributed by atoms with Crippen molar-refractivity contribution in [3.05, 3.63) is 209 Å². The third-order valence-corrected chi connectivity index (χ3v) is 27.7. The van der Waals surface area contributed by atoms with Crippen LogP contribution >= 0.6 is 0 Å². The Morgan fingerprint density at radius 3 is 0.692 bits per heavy atom. The summed E-state index contributed by atoms with van der Waals surface area (Å²) in [6.45, 7) is 42.4. The van der Waals surface area contributed by atoms with Crippen LogP contribution in [0.5, 0.6) is 0 Å². The quantitative estimate of drug-likeness (QED) is 0.0129. The molecule has 0 aliphatic carbocycles. The van der Waals surface area contributed by atoms with Crippen molar-refractivity contribution in [2.24, 2.45) is 63.1 Å². The molecule has 32 nitrogen and oxygen atoms in total. The van der Waals surface area contributed by atoms with E-state index in [0.29, 0.717) is 65.4 Å². The number of anilines is 6. The highest BCUT2D eigenvalue weighted by Gasteiger charge is 2.24. The van der Waals surface area contributed by atoms with E-state index < -0.39 is 10.1 Å². The van der Waals surface area contributed by atoms with E-state index in [1.54, 1.807) is 24.3 Å². The number of aryl methyl sites for hydroxylation is 1. The van der Waals surface area contributed by atoms with Gasteiger partial charge in [0, 0.05) is 378 Å². The van der Waals surface area contributed by atoms with E-state index in [0.717, 1.165) is 271 Å². The number of nitrogens with zero attached hydrogens (tertiary/aromatic N) is 14. The summed E-state index contributed by atoms with van der Waals surface area (Å²) in [5.74, 6) is 0.235. The predicted molar refractivity (Wildman–Crippen MR) is 613 cm³/mol. The Hall–Kier alpha value is -7.67. The lowest BCUT2D eigenvalue weighted by Crippen LogP contribution is -2.45. The molecule has 0 aliphatic rings. The Morgan fingerprint density at radius 1 is 0.224 bits per heavy atom. The maximum absolute atomic E-state index is 12.5. The highest BCUT2D eigenvalue weighted by molar-refractivity contribution is 7.86. The zero-order valence-electron chi connectivity index (χ0n) is 90.5. The Kier molecular flexibility index (Phi) is 67.6. The highest BCUT2D eigenvalue weighted by atomic mass is 32.2. The van der Waals surface area contributed by atoms with Gasteiger partial charge >= 0.3 is 0 Å². The van der Waals surface area contributed by atoms with Gasteiger partial charge in [-0.25, -0.2) is 0 Å². The van der Waals surface area contributed by atoms with Crippen LogP contribution in [0.2, 0.25) is 0 Å². The number of hydrogen-bond donors (Lipinski definition) is 15. The fraction of sp³-hybridized carbons (Fsp3) is 0.618. The van der Waals surface area contributed by atoms with Gasteiger partial charge in [-0.15, -0.1) is 0 Å². The SMILES string of the molecule is CN(C)c1ccc(C(c2ccc(N(C)C)cc2)c2ccc(N(C)CCCCCN(CCN)CCN(CCCCCN)CCN(CCNCCN)CCNCCN(CCN)CCN)cc2)cc1.Cc1ccc(S(=O)(=O)OCCN(C)c2ccc(C(c3ccc(N(C)C)cc3)c3ccc(N(C)C)cc3)cc2)cc1.NCCCCCN(CCN(CCN)CCN)CCN(CCNCCN)CCNCCN(CCN)CCN. The number of nitrogens with two attached hydrogens (primary N) is 11. The fourth-order valence-corrected chi connectivity index (χ4v) is 18.5.